The largest absolute Gasteiger partial charge is 0.378 e. The molecule has 1 aromatic heterocycles. The molecule has 0 atom stereocenters. The van der Waals surface area contributed by atoms with Crippen LogP contribution in [-0.4, -0.2) is 21.2 Å². The Morgan fingerprint density at radius 3 is 2.95 bits per heavy atom. The number of nitrogens with zero attached hydrogens (tertiary/aromatic N) is 3. The van der Waals surface area contributed by atoms with Crippen LogP contribution in [-0.2, 0) is 6.54 Å². The van der Waals surface area contributed by atoms with E-state index in [1.54, 1.807) is 23.0 Å². The maximum absolute atomic E-state index is 10.9. The van der Waals surface area contributed by atoms with Crippen LogP contribution < -0.4 is 5.32 Å². The van der Waals surface area contributed by atoms with E-state index in [2.05, 4.69) is 10.4 Å². The molecule has 0 saturated carbocycles. The molecule has 6 nitrogen and oxygen atoms in total. The number of rotatable bonds is 5. The summed E-state index contributed by atoms with van der Waals surface area (Å²) in [4.78, 5) is 10.4. The van der Waals surface area contributed by atoms with E-state index in [1.807, 2.05) is 13.1 Å². The first-order chi connectivity index (χ1) is 9.06. The van der Waals surface area contributed by atoms with E-state index < -0.39 is 4.92 Å². The first-order valence-corrected chi connectivity index (χ1v) is 6.11. The molecule has 100 valence electrons. The summed E-state index contributed by atoms with van der Waals surface area (Å²) in [6, 6.07) is 4.56. The van der Waals surface area contributed by atoms with Gasteiger partial charge in [-0.05, 0) is 24.6 Å². The first kappa shape index (κ1) is 13.4. The van der Waals surface area contributed by atoms with E-state index in [1.165, 1.54) is 6.07 Å². The standard InChI is InChI=1S/C12H13ClN4O2/c1-9-7-15-16(8-9)5-4-14-11-3-2-10(13)6-12(11)17(18)19/h2-3,6-8,14H,4-5H2,1H3. The van der Waals surface area contributed by atoms with Crippen molar-refractivity contribution in [3.8, 4) is 0 Å². The number of anilines is 1. The first-order valence-electron chi connectivity index (χ1n) is 5.73. The Bertz CT molecular complexity index is 597. The van der Waals surface area contributed by atoms with Crippen molar-refractivity contribution in [2.24, 2.45) is 0 Å². The van der Waals surface area contributed by atoms with Gasteiger partial charge in [-0.3, -0.25) is 14.8 Å². The minimum Gasteiger partial charge on any atom is -0.378 e. The molecule has 0 bridgehead atoms. The third kappa shape index (κ3) is 3.45. The second kappa shape index (κ2) is 5.71. The Labute approximate surface area is 115 Å². The second-order valence-electron chi connectivity index (χ2n) is 4.13. The predicted molar refractivity (Wildman–Crippen MR) is 73.6 cm³/mol. The van der Waals surface area contributed by atoms with Crippen LogP contribution in [0.3, 0.4) is 0 Å². The Balaban J connectivity index is 2.01. The summed E-state index contributed by atoms with van der Waals surface area (Å²) in [5, 5.41) is 18.4. The minimum absolute atomic E-state index is 0.0239. The van der Waals surface area contributed by atoms with Crippen LogP contribution in [0.15, 0.2) is 30.6 Å². The quantitative estimate of drug-likeness (QED) is 0.675. The molecule has 2 aromatic rings. The number of aryl methyl sites for hydroxylation is 1. The van der Waals surface area contributed by atoms with Crippen LogP contribution in [0.5, 0.6) is 0 Å². The summed E-state index contributed by atoms with van der Waals surface area (Å²) in [5.41, 5.74) is 1.51. The maximum Gasteiger partial charge on any atom is 0.293 e. The van der Waals surface area contributed by atoms with Crippen molar-refractivity contribution in [3.05, 3.63) is 51.3 Å². The highest BCUT2D eigenvalue weighted by Crippen LogP contribution is 2.27. The van der Waals surface area contributed by atoms with Crippen LogP contribution in [0.4, 0.5) is 11.4 Å². The Morgan fingerprint density at radius 1 is 1.53 bits per heavy atom. The summed E-state index contributed by atoms with van der Waals surface area (Å²) in [7, 11) is 0. The van der Waals surface area contributed by atoms with Crippen molar-refractivity contribution in [3.63, 3.8) is 0 Å². The molecule has 0 unspecified atom stereocenters. The molecule has 0 spiro atoms. The van der Waals surface area contributed by atoms with Gasteiger partial charge in [-0.15, -0.1) is 0 Å². The van der Waals surface area contributed by atoms with Gasteiger partial charge in [-0.25, -0.2) is 0 Å². The number of halogens is 1. The average molecular weight is 281 g/mol. The molecular formula is C12H13ClN4O2. The van der Waals surface area contributed by atoms with Gasteiger partial charge in [0.25, 0.3) is 5.69 Å². The zero-order chi connectivity index (χ0) is 13.8. The van der Waals surface area contributed by atoms with E-state index in [9.17, 15) is 10.1 Å². The minimum atomic E-state index is -0.452. The number of benzene rings is 1. The van der Waals surface area contributed by atoms with Gasteiger partial charge in [0.1, 0.15) is 5.69 Å². The van der Waals surface area contributed by atoms with E-state index in [4.69, 9.17) is 11.6 Å². The molecule has 0 amide bonds. The summed E-state index contributed by atoms with van der Waals surface area (Å²) in [5.74, 6) is 0. The van der Waals surface area contributed by atoms with Gasteiger partial charge < -0.3 is 5.32 Å². The van der Waals surface area contributed by atoms with Crippen LogP contribution in [0.2, 0.25) is 5.02 Å². The topological polar surface area (TPSA) is 73.0 Å². The van der Waals surface area contributed by atoms with Crippen molar-refractivity contribution in [2.75, 3.05) is 11.9 Å². The van der Waals surface area contributed by atoms with Gasteiger partial charge in [-0.2, -0.15) is 5.10 Å². The highest BCUT2D eigenvalue weighted by atomic mass is 35.5. The predicted octanol–water partition coefficient (Wildman–Crippen LogP) is 2.87. The average Bonchev–Trinajstić information content (AvgIpc) is 2.77. The lowest BCUT2D eigenvalue weighted by Gasteiger charge is -2.07. The fourth-order valence-corrected chi connectivity index (χ4v) is 1.87. The summed E-state index contributed by atoms with van der Waals surface area (Å²) in [6.45, 7) is 3.14. The zero-order valence-electron chi connectivity index (χ0n) is 10.3. The molecule has 0 aliphatic rings. The smallest absolute Gasteiger partial charge is 0.293 e. The third-order valence-electron chi connectivity index (χ3n) is 2.58. The fourth-order valence-electron chi connectivity index (χ4n) is 1.70. The molecule has 2 rings (SSSR count). The van der Waals surface area contributed by atoms with E-state index in [-0.39, 0.29) is 5.69 Å². The number of nitro benzene ring substituents is 1. The number of nitrogens with one attached hydrogen (secondary N) is 1. The fraction of sp³-hybridized carbons (Fsp3) is 0.250. The Kier molecular flexibility index (Phi) is 4.01. The van der Waals surface area contributed by atoms with Crippen LogP contribution in [0, 0.1) is 17.0 Å². The number of aromatic nitrogens is 2. The molecule has 0 fully saturated rings. The van der Waals surface area contributed by atoms with E-state index in [0.717, 1.165) is 5.56 Å². The van der Waals surface area contributed by atoms with Crippen molar-refractivity contribution >= 4 is 23.0 Å². The normalized spacial score (nSPS) is 10.4. The molecule has 0 aliphatic heterocycles. The van der Waals surface area contributed by atoms with Crippen molar-refractivity contribution in [1.82, 2.24) is 9.78 Å². The molecular weight excluding hydrogens is 268 g/mol. The van der Waals surface area contributed by atoms with Crippen LogP contribution >= 0.6 is 11.6 Å². The molecule has 0 aliphatic carbocycles. The monoisotopic (exact) mass is 280 g/mol. The molecule has 0 saturated heterocycles. The number of hydrogen-bond donors (Lipinski definition) is 1. The van der Waals surface area contributed by atoms with Gasteiger partial charge in [0.05, 0.1) is 17.7 Å². The summed E-state index contributed by atoms with van der Waals surface area (Å²) < 4.78 is 1.78. The second-order valence-corrected chi connectivity index (χ2v) is 4.56. The highest BCUT2D eigenvalue weighted by Gasteiger charge is 2.13. The van der Waals surface area contributed by atoms with Crippen molar-refractivity contribution in [2.45, 2.75) is 13.5 Å². The van der Waals surface area contributed by atoms with Gasteiger partial charge >= 0.3 is 0 Å². The van der Waals surface area contributed by atoms with Gasteiger partial charge in [-0.1, -0.05) is 11.6 Å². The number of hydrogen-bond acceptors (Lipinski definition) is 4. The molecule has 7 heteroatoms. The van der Waals surface area contributed by atoms with Crippen molar-refractivity contribution in [1.29, 1.82) is 0 Å². The summed E-state index contributed by atoms with van der Waals surface area (Å²) in [6.07, 6.45) is 3.68. The lowest BCUT2D eigenvalue weighted by Crippen LogP contribution is -2.11. The summed E-state index contributed by atoms with van der Waals surface area (Å²) >= 11 is 5.75. The lowest BCUT2D eigenvalue weighted by atomic mass is 10.2. The highest BCUT2D eigenvalue weighted by molar-refractivity contribution is 6.30. The molecule has 19 heavy (non-hydrogen) atoms. The zero-order valence-corrected chi connectivity index (χ0v) is 11.1. The van der Waals surface area contributed by atoms with Crippen LogP contribution in [0.25, 0.3) is 0 Å². The maximum atomic E-state index is 10.9. The van der Waals surface area contributed by atoms with Gasteiger partial charge in [0.2, 0.25) is 0 Å². The molecule has 1 heterocycles. The molecule has 0 radical (unpaired) electrons. The third-order valence-corrected chi connectivity index (χ3v) is 2.81. The SMILES string of the molecule is Cc1cnn(CCNc2ccc(Cl)cc2[N+](=O)[O-])c1. The van der Waals surface area contributed by atoms with Gasteiger partial charge in [0, 0.05) is 23.8 Å². The van der Waals surface area contributed by atoms with Crippen LogP contribution in [0.1, 0.15) is 5.56 Å². The molecule has 1 N–H and O–H groups in total. The molecule has 1 aromatic carbocycles. The van der Waals surface area contributed by atoms with E-state index >= 15 is 0 Å². The lowest BCUT2D eigenvalue weighted by molar-refractivity contribution is -0.383. The van der Waals surface area contributed by atoms with Crippen molar-refractivity contribution < 1.29 is 4.92 Å². The van der Waals surface area contributed by atoms with E-state index in [0.29, 0.717) is 23.8 Å². The van der Waals surface area contributed by atoms with Gasteiger partial charge in [0.15, 0.2) is 0 Å². The Morgan fingerprint density at radius 2 is 2.32 bits per heavy atom. The Hall–Kier alpha value is -2.08. The number of nitro groups is 1.